The van der Waals surface area contributed by atoms with Gasteiger partial charge in [-0.05, 0) is 11.6 Å². The van der Waals surface area contributed by atoms with E-state index >= 15 is 0 Å². The Balaban J connectivity index is 2.67. The van der Waals surface area contributed by atoms with Crippen LogP contribution in [0.2, 0.25) is 5.28 Å². The third-order valence-electron chi connectivity index (χ3n) is 1.67. The molecule has 7 nitrogen and oxygen atoms in total. The van der Waals surface area contributed by atoms with Gasteiger partial charge in [-0.3, -0.25) is 4.79 Å². The molecule has 0 aliphatic carbocycles. The Morgan fingerprint density at radius 2 is 2.12 bits per heavy atom. The maximum Gasteiger partial charge on any atom is 0.322 e. The van der Waals surface area contributed by atoms with Crippen LogP contribution >= 0.6 is 11.6 Å². The van der Waals surface area contributed by atoms with Crippen molar-refractivity contribution in [1.82, 2.24) is 19.9 Å². The zero-order valence-electron chi connectivity index (χ0n) is 9.19. The molecular weight excluding hydrogens is 234 g/mol. The van der Waals surface area contributed by atoms with E-state index in [0.29, 0.717) is 0 Å². The summed E-state index contributed by atoms with van der Waals surface area (Å²) < 4.78 is 4.81. The number of likely N-dealkylation sites (N-methyl/N-ethyl adjacent to an activating group) is 1. The first kappa shape index (κ1) is 12.4. The molecule has 0 saturated carbocycles. The number of hydrogen-bond acceptors (Lipinski definition) is 6. The number of methoxy groups -OCH3 is 1. The maximum absolute atomic E-state index is 11.3. The van der Waals surface area contributed by atoms with Gasteiger partial charge in [-0.25, -0.2) is 0 Å². The summed E-state index contributed by atoms with van der Waals surface area (Å²) in [6, 6.07) is 0.0970. The lowest BCUT2D eigenvalue weighted by Crippen LogP contribution is -2.29. The molecule has 0 aliphatic heterocycles. The molecule has 1 aromatic rings. The van der Waals surface area contributed by atoms with E-state index in [1.165, 1.54) is 12.0 Å². The van der Waals surface area contributed by atoms with Crippen molar-refractivity contribution in [2.24, 2.45) is 0 Å². The molecule has 88 valence electrons. The molecule has 0 saturated heterocycles. The number of halogens is 1. The molecule has 1 aromatic heterocycles. The first-order valence-electron chi connectivity index (χ1n) is 4.42. The number of anilines is 1. The van der Waals surface area contributed by atoms with Crippen LogP contribution in [0.25, 0.3) is 0 Å². The average molecular weight is 246 g/mol. The Hall–Kier alpha value is -1.63. The van der Waals surface area contributed by atoms with E-state index in [4.69, 9.17) is 16.3 Å². The van der Waals surface area contributed by atoms with Gasteiger partial charge in [0.15, 0.2) is 0 Å². The van der Waals surface area contributed by atoms with Gasteiger partial charge in [-0.2, -0.15) is 15.0 Å². The summed E-state index contributed by atoms with van der Waals surface area (Å²) in [5.41, 5.74) is 0. The summed E-state index contributed by atoms with van der Waals surface area (Å²) in [5, 5.41) is 2.73. The zero-order valence-corrected chi connectivity index (χ0v) is 9.95. The second-order valence-corrected chi connectivity index (χ2v) is 3.39. The Morgan fingerprint density at radius 3 is 2.69 bits per heavy atom. The Kier molecular flexibility index (Phi) is 4.24. The fraction of sp³-hybridized carbons (Fsp3) is 0.500. The highest BCUT2D eigenvalue weighted by atomic mass is 35.5. The Labute approximate surface area is 97.8 Å². The molecule has 16 heavy (non-hydrogen) atoms. The number of carbonyl (C=O) groups excluding carboxylic acids is 1. The van der Waals surface area contributed by atoms with Gasteiger partial charge in [-0.15, -0.1) is 0 Å². The molecule has 8 heteroatoms. The van der Waals surface area contributed by atoms with Crippen molar-refractivity contribution in [3.05, 3.63) is 5.28 Å². The van der Waals surface area contributed by atoms with E-state index in [2.05, 4.69) is 20.3 Å². The standard InChI is InChI=1S/C8H12ClN5O2/c1-14(2)5(15)4-10-7-11-6(9)12-8(13-7)16-3/h4H2,1-3H3,(H,10,11,12,13). The van der Waals surface area contributed by atoms with Crippen molar-refractivity contribution < 1.29 is 9.53 Å². The fourth-order valence-electron chi connectivity index (χ4n) is 0.815. The van der Waals surface area contributed by atoms with Crippen molar-refractivity contribution in [1.29, 1.82) is 0 Å². The van der Waals surface area contributed by atoms with E-state index in [1.807, 2.05) is 0 Å². The minimum absolute atomic E-state index is 0.00616. The van der Waals surface area contributed by atoms with Crippen LogP contribution in [0.5, 0.6) is 6.01 Å². The maximum atomic E-state index is 11.3. The molecule has 0 aliphatic rings. The van der Waals surface area contributed by atoms with Gasteiger partial charge >= 0.3 is 6.01 Å². The predicted molar refractivity (Wildman–Crippen MR) is 58.6 cm³/mol. The molecule has 0 aromatic carbocycles. The van der Waals surface area contributed by atoms with Gasteiger partial charge in [0.25, 0.3) is 0 Å². The summed E-state index contributed by atoms with van der Waals surface area (Å²) in [4.78, 5) is 24.1. The lowest BCUT2D eigenvalue weighted by molar-refractivity contribution is -0.126. The quantitative estimate of drug-likeness (QED) is 0.806. The summed E-state index contributed by atoms with van der Waals surface area (Å²) in [6.07, 6.45) is 0. The van der Waals surface area contributed by atoms with E-state index in [-0.39, 0.29) is 29.7 Å². The molecule has 1 N–H and O–H groups in total. The highest BCUT2D eigenvalue weighted by Crippen LogP contribution is 2.10. The molecular formula is C8H12ClN5O2. The fourth-order valence-corrected chi connectivity index (χ4v) is 0.967. The molecule has 1 heterocycles. The first-order valence-corrected chi connectivity index (χ1v) is 4.80. The van der Waals surface area contributed by atoms with Gasteiger partial charge in [0, 0.05) is 14.1 Å². The van der Waals surface area contributed by atoms with Crippen LogP contribution in [0, 0.1) is 0 Å². The van der Waals surface area contributed by atoms with Gasteiger partial charge in [-0.1, -0.05) is 0 Å². The number of ether oxygens (including phenoxy) is 1. The van der Waals surface area contributed by atoms with Gasteiger partial charge < -0.3 is 15.0 Å². The monoisotopic (exact) mass is 245 g/mol. The van der Waals surface area contributed by atoms with Crippen molar-refractivity contribution >= 4 is 23.5 Å². The van der Waals surface area contributed by atoms with Crippen LogP contribution in [-0.4, -0.2) is 53.5 Å². The number of rotatable bonds is 4. The number of amides is 1. The predicted octanol–water partition coefficient (Wildman–Crippen LogP) is 0.0337. The first-order chi connectivity index (χ1) is 7.52. The molecule has 0 radical (unpaired) electrons. The summed E-state index contributed by atoms with van der Waals surface area (Å²) in [5.74, 6) is 0.0996. The number of nitrogens with one attached hydrogen (secondary N) is 1. The SMILES string of the molecule is COc1nc(Cl)nc(NCC(=O)N(C)C)n1. The molecule has 0 bridgehead atoms. The van der Waals surface area contributed by atoms with Gasteiger partial charge in [0.05, 0.1) is 13.7 Å². The van der Waals surface area contributed by atoms with Crippen LogP contribution in [0.3, 0.4) is 0 Å². The van der Waals surface area contributed by atoms with Crippen molar-refractivity contribution in [2.45, 2.75) is 0 Å². The van der Waals surface area contributed by atoms with Gasteiger partial charge in [0.2, 0.25) is 17.1 Å². The number of hydrogen-bond donors (Lipinski definition) is 1. The number of nitrogens with zero attached hydrogens (tertiary/aromatic N) is 4. The second kappa shape index (κ2) is 5.45. The van der Waals surface area contributed by atoms with Crippen molar-refractivity contribution in [3.63, 3.8) is 0 Å². The highest BCUT2D eigenvalue weighted by molar-refractivity contribution is 6.28. The van der Waals surface area contributed by atoms with Crippen molar-refractivity contribution in [3.8, 4) is 6.01 Å². The molecule has 1 rings (SSSR count). The largest absolute Gasteiger partial charge is 0.467 e. The second-order valence-electron chi connectivity index (χ2n) is 3.06. The van der Waals surface area contributed by atoms with E-state index < -0.39 is 0 Å². The normalized spacial score (nSPS) is 9.75. The summed E-state index contributed by atoms with van der Waals surface area (Å²) in [7, 11) is 4.73. The minimum Gasteiger partial charge on any atom is -0.467 e. The third-order valence-corrected chi connectivity index (χ3v) is 1.84. The minimum atomic E-state index is -0.101. The lowest BCUT2D eigenvalue weighted by atomic mass is 10.5. The third kappa shape index (κ3) is 3.50. The lowest BCUT2D eigenvalue weighted by Gasteiger charge is -2.10. The van der Waals surface area contributed by atoms with Gasteiger partial charge in [0.1, 0.15) is 0 Å². The Bertz CT molecular complexity index is 385. The van der Waals surface area contributed by atoms with E-state index in [0.717, 1.165) is 0 Å². The highest BCUT2D eigenvalue weighted by Gasteiger charge is 2.07. The molecule has 1 amide bonds. The molecule has 0 fully saturated rings. The van der Waals surface area contributed by atoms with Crippen LogP contribution in [0.4, 0.5) is 5.95 Å². The smallest absolute Gasteiger partial charge is 0.322 e. The van der Waals surface area contributed by atoms with Crippen molar-refractivity contribution in [2.75, 3.05) is 33.1 Å². The van der Waals surface area contributed by atoms with Crippen LogP contribution in [0.1, 0.15) is 0 Å². The molecule has 0 spiro atoms. The number of aromatic nitrogens is 3. The molecule has 0 atom stereocenters. The Morgan fingerprint density at radius 1 is 1.44 bits per heavy atom. The molecule has 0 unspecified atom stereocenters. The van der Waals surface area contributed by atoms with E-state index in [9.17, 15) is 4.79 Å². The van der Waals surface area contributed by atoms with Crippen LogP contribution in [-0.2, 0) is 4.79 Å². The summed E-state index contributed by atoms with van der Waals surface area (Å²) in [6.45, 7) is 0.0799. The van der Waals surface area contributed by atoms with Crippen LogP contribution in [0.15, 0.2) is 0 Å². The van der Waals surface area contributed by atoms with E-state index in [1.54, 1.807) is 14.1 Å². The van der Waals surface area contributed by atoms with Crippen LogP contribution < -0.4 is 10.1 Å². The summed E-state index contributed by atoms with van der Waals surface area (Å²) >= 11 is 5.63. The number of carbonyl (C=O) groups is 1. The zero-order chi connectivity index (χ0) is 12.1. The topological polar surface area (TPSA) is 80.2 Å². The average Bonchev–Trinajstić information content (AvgIpc) is 2.24.